The molecule has 3 aliphatic carbocycles. The van der Waals surface area contributed by atoms with E-state index in [0.29, 0.717) is 17.2 Å². The Morgan fingerprint density at radius 3 is 2.15 bits per heavy atom. The lowest BCUT2D eigenvalue weighted by Gasteiger charge is -2.41. The van der Waals surface area contributed by atoms with Crippen molar-refractivity contribution in [2.24, 2.45) is 11.8 Å². The Kier molecular flexibility index (Phi) is 6.15. The summed E-state index contributed by atoms with van der Waals surface area (Å²) in [4.78, 5) is 2.29. The van der Waals surface area contributed by atoms with Crippen LogP contribution in [0.5, 0.6) is 5.75 Å². The molecule has 0 atom stereocenters. The number of alkyl halides is 3. The van der Waals surface area contributed by atoms with Gasteiger partial charge < -0.3 is 9.64 Å². The molecule has 0 spiro atoms. The second kappa shape index (κ2) is 9.10. The highest BCUT2D eigenvalue weighted by Crippen LogP contribution is 2.49. The second-order valence-corrected chi connectivity index (χ2v) is 9.93. The highest BCUT2D eigenvalue weighted by atomic mass is 19.4. The van der Waals surface area contributed by atoms with Gasteiger partial charge in [0, 0.05) is 6.54 Å². The molecular formula is C29H30F3NO. The van der Waals surface area contributed by atoms with Crippen LogP contribution in [0.25, 0.3) is 16.3 Å². The molecule has 0 aliphatic heterocycles. The fourth-order valence-electron chi connectivity index (χ4n) is 5.63. The molecular weight excluding hydrogens is 435 g/mol. The Morgan fingerprint density at radius 1 is 0.824 bits per heavy atom. The van der Waals surface area contributed by atoms with Gasteiger partial charge in [0.15, 0.2) is 0 Å². The Hall–Kier alpha value is -2.79. The van der Waals surface area contributed by atoms with E-state index in [4.69, 9.17) is 4.74 Å². The summed E-state index contributed by atoms with van der Waals surface area (Å²) in [6.07, 6.45) is 0.920. The van der Waals surface area contributed by atoms with Crippen LogP contribution in [0.3, 0.4) is 0 Å². The number of nitrogens with zero attached hydrogens (tertiary/aromatic N) is 1. The second-order valence-electron chi connectivity index (χ2n) is 9.93. The van der Waals surface area contributed by atoms with Crippen molar-refractivity contribution in [1.29, 1.82) is 0 Å². The zero-order chi connectivity index (χ0) is 23.9. The first-order valence-corrected chi connectivity index (χ1v) is 12.0. The molecule has 0 heterocycles. The summed E-state index contributed by atoms with van der Waals surface area (Å²) in [5.41, 5.74) is 4.60. The zero-order valence-corrected chi connectivity index (χ0v) is 19.7. The quantitative estimate of drug-likeness (QED) is 0.372. The fourth-order valence-corrected chi connectivity index (χ4v) is 5.63. The Bertz CT molecular complexity index is 1200. The van der Waals surface area contributed by atoms with Crippen LogP contribution in [-0.4, -0.2) is 25.5 Å². The molecule has 0 saturated heterocycles. The molecule has 1 fully saturated rings. The van der Waals surface area contributed by atoms with Crippen LogP contribution in [0.15, 0.2) is 66.2 Å². The van der Waals surface area contributed by atoms with Crippen LogP contribution < -0.4 is 4.74 Å². The number of benzene rings is 3. The normalized spacial score (nSPS) is 20.4. The molecule has 0 radical (unpaired) electrons. The lowest BCUT2D eigenvalue weighted by Crippen LogP contribution is -2.31. The molecule has 34 heavy (non-hydrogen) atoms. The summed E-state index contributed by atoms with van der Waals surface area (Å²) < 4.78 is 44.1. The summed E-state index contributed by atoms with van der Waals surface area (Å²) in [6, 6.07) is 17.9. The molecule has 3 aromatic carbocycles. The molecule has 3 aliphatic rings. The maximum atomic E-state index is 12.8. The highest BCUT2D eigenvalue weighted by Gasteiger charge is 2.35. The molecule has 178 valence electrons. The lowest BCUT2D eigenvalue weighted by molar-refractivity contribution is -0.137. The number of fused-ring (bicyclic) bond motifs is 3. The van der Waals surface area contributed by atoms with Crippen LogP contribution >= 0.6 is 0 Å². The average molecular weight is 466 g/mol. The van der Waals surface area contributed by atoms with Crippen molar-refractivity contribution in [3.05, 3.63) is 82.9 Å². The van der Waals surface area contributed by atoms with Gasteiger partial charge in [-0.25, -0.2) is 0 Å². The molecule has 0 N–H and O–H groups in total. The van der Waals surface area contributed by atoms with E-state index in [1.807, 2.05) is 12.1 Å². The standard InChI is InChI=1S/C29H30F3NO/c1-33(2)17-27-20-5-7-21(8-6-20)28(27)24-10-9-23-16-26(14-11-22(23)15-24)34-18-19-3-12-25(13-4-19)29(30,31)32/h3-4,9-16,20-21H,5-8,17-18H2,1-2H3. The smallest absolute Gasteiger partial charge is 0.416 e. The lowest BCUT2D eigenvalue weighted by atomic mass is 9.65. The molecule has 6 rings (SSSR count). The number of hydrogen-bond acceptors (Lipinski definition) is 2. The van der Waals surface area contributed by atoms with E-state index < -0.39 is 11.7 Å². The third-order valence-corrected chi connectivity index (χ3v) is 7.27. The molecule has 2 bridgehead atoms. The first-order chi connectivity index (χ1) is 16.3. The SMILES string of the molecule is CN(C)CC1=C(c2ccc3cc(OCc4ccc(C(F)(F)F)cc4)ccc3c2)C2CCC1CC2. The minimum Gasteiger partial charge on any atom is -0.489 e. The third-order valence-electron chi connectivity index (χ3n) is 7.27. The topological polar surface area (TPSA) is 12.5 Å². The average Bonchev–Trinajstić information content (AvgIpc) is 2.82. The molecule has 1 saturated carbocycles. The van der Waals surface area contributed by atoms with Gasteiger partial charge in [0.1, 0.15) is 12.4 Å². The van der Waals surface area contributed by atoms with Gasteiger partial charge in [0.2, 0.25) is 0 Å². The predicted octanol–water partition coefficient (Wildman–Crippen LogP) is 7.57. The van der Waals surface area contributed by atoms with Crippen molar-refractivity contribution < 1.29 is 17.9 Å². The van der Waals surface area contributed by atoms with Crippen molar-refractivity contribution >= 4 is 16.3 Å². The minimum absolute atomic E-state index is 0.228. The number of halogens is 3. The van der Waals surface area contributed by atoms with Gasteiger partial charge in [-0.15, -0.1) is 0 Å². The van der Waals surface area contributed by atoms with Gasteiger partial charge in [0.25, 0.3) is 0 Å². The Morgan fingerprint density at radius 2 is 1.47 bits per heavy atom. The van der Waals surface area contributed by atoms with Gasteiger partial charge in [-0.2, -0.15) is 13.2 Å². The van der Waals surface area contributed by atoms with E-state index in [2.05, 4.69) is 43.3 Å². The first-order valence-electron chi connectivity index (χ1n) is 12.0. The van der Waals surface area contributed by atoms with Crippen LogP contribution in [0.2, 0.25) is 0 Å². The molecule has 0 aromatic heterocycles. The number of ether oxygens (including phenoxy) is 1. The summed E-state index contributed by atoms with van der Waals surface area (Å²) in [7, 11) is 4.30. The monoisotopic (exact) mass is 465 g/mol. The minimum atomic E-state index is -4.32. The third kappa shape index (κ3) is 4.72. The largest absolute Gasteiger partial charge is 0.489 e. The Labute approximate surface area is 199 Å². The van der Waals surface area contributed by atoms with Crippen molar-refractivity contribution in [2.45, 2.75) is 38.5 Å². The molecule has 5 heteroatoms. The number of hydrogen-bond donors (Lipinski definition) is 0. The van der Waals surface area contributed by atoms with Gasteiger partial charge >= 0.3 is 6.18 Å². The Balaban J connectivity index is 1.36. The summed E-state index contributed by atoms with van der Waals surface area (Å²) in [5, 5.41) is 2.28. The van der Waals surface area contributed by atoms with Gasteiger partial charge in [0.05, 0.1) is 5.56 Å². The van der Waals surface area contributed by atoms with Crippen molar-refractivity contribution in [3.63, 3.8) is 0 Å². The predicted molar refractivity (Wildman–Crippen MR) is 131 cm³/mol. The first kappa shape index (κ1) is 23.0. The van der Waals surface area contributed by atoms with Gasteiger partial charge in [-0.3, -0.25) is 0 Å². The van der Waals surface area contributed by atoms with E-state index >= 15 is 0 Å². The molecule has 2 nitrogen and oxygen atoms in total. The van der Waals surface area contributed by atoms with Gasteiger partial charge in [-0.1, -0.05) is 30.3 Å². The van der Waals surface area contributed by atoms with E-state index in [1.54, 1.807) is 11.1 Å². The summed E-state index contributed by atoms with van der Waals surface area (Å²) in [6.45, 7) is 1.26. The van der Waals surface area contributed by atoms with Crippen molar-refractivity contribution in [1.82, 2.24) is 4.90 Å². The molecule has 0 amide bonds. The maximum Gasteiger partial charge on any atom is 0.416 e. The van der Waals surface area contributed by atoms with E-state index in [-0.39, 0.29) is 6.61 Å². The number of likely N-dealkylation sites (N-methyl/N-ethyl adjacent to an activating group) is 1. The zero-order valence-electron chi connectivity index (χ0n) is 19.7. The van der Waals surface area contributed by atoms with E-state index in [9.17, 15) is 13.2 Å². The maximum absolute atomic E-state index is 12.8. The molecule has 3 aromatic rings. The molecule has 0 unspecified atom stereocenters. The van der Waals surface area contributed by atoms with Crippen LogP contribution in [-0.2, 0) is 12.8 Å². The highest BCUT2D eigenvalue weighted by molar-refractivity contribution is 5.88. The number of allylic oxidation sites excluding steroid dienone is 1. The van der Waals surface area contributed by atoms with Crippen molar-refractivity contribution in [3.8, 4) is 5.75 Å². The fraction of sp³-hybridized carbons (Fsp3) is 0.379. The van der Waals surface area contributed by atoms with Crippen LogP contribution in [0, 0.1) is 11.8 Å². The van der Waals surface area contributed by atoms with Crippen LogP contribution in [0.4, 0.5) is 13.2 Å². The van der Waals surface area contributed by atoms with Gasteiger partial charge in [-0.05, 0) is 115 Å². The summed E-state index contributed by atoms with van der Waals surface area (Å²) in [5.74, 6) is 2.10. The number of rotatable bonds is 6. The summed E-state index contributed by atoms with van der Waals surface area (Å²) >= 11 is 0. The van der Waals surface area contributed by atoms with E-state index in [0.717, 1.165) is 30.0 Å². The van der Waals surface area contributed by atoms with E-state index in [1.165, 1.54) is 48.8 Å². The van der Waals surface area contributed by atoms with Crippen molar-refractivity contribution in [2.75, 3.05) is 20.6 Å². The van der Waals surface area contributed by atoms with Crippen LogP contribution in [0.1, 0.15) is 42.4 Å².